The number of likely N-dealkylation sites (tertiary alicyclic amines) is 2. The van der Waals surface area contributed by atoms with Gasteiger partial charge in [0.15, 0.2) is 0 Å². The molecule has 2 fully saturated rings. The highest BCUT2D eigenvalue weighted by Gasteiger charge is 2.45. The smallest absolute Gasteiger partial charge is 0.253 e. The molecule has 0 aromatic heterocycles. The molecule has 24 heavy (non-hydrogen) atoms. The van der Waals surface area contributed by atoms with Gasteiger partial charge in [-0.05, 0) is 57.8 Å². The van der Waals surface area contributed by atoms with E-state index >= 15 is 0 Å². The number of rotatable bonds is 3. The molecule has 5 nitrogen and oxygen atoms in total. The van der Waals surface area contributed by atoms with Gasteiger partial charge in [-0.3, -0.25) is 14.5 Å². The lowest BCUT2D eigenvalue weighted by molar-refractivity contribution is -0.134. The summed E-state index contributed by atoms with van der Waals surface area (Å²) in [5.74, 6) is -0.182. The standard InChI is InChI=1S/C19H27N3O2/c1-15-5-7-16(8-6-15)17(23)21-13-9-19(10-14-21,18(20)24)22-11-3-2-4-12-22/h5-8H,2-4,9-14H2,1H3,(H2,20,24). The Bertz CT molecular complexity index is 598. The highest BCUT2D eigenvalue weighted by molar-refractivity contribution is 5.94. The second-order valence-corrected chi connectivity index (χ2v) is 7.10. The van der Waals surface area contributed by atoms with Gasteiger partial charge < -0.3 is 10.6 Å². The van der Waals surface area contributed by atoms with Crippen LogP contribution in [0, 0.1) is 6.92 Å². The molecule has 2 saturated heterocycles. The zero-order valence-electron chi connectivity index (χ0n) is 14.5. The van der Waals surface area contributed by atoms with Crippen molar-refractivity contribution >= 4 is 11.8 Å². The molecule has 1 aromatic carbocycles. The summed E-state index contributed by atoms with van der Waals surface area (Å²) < 4.78 is 0. The van der Waals surface area contributed by atoms with Crippen LogP contribution in [0.15, 0.2) is 24.3 Å². The van der Waals surface area contributed by atoms with Crippen molar-refractivity contribution in [1.29, 1.82) is 0 Å². The Kier molecular flexibility index (Phi) is 4.90. The van der Waals surface area contributed by atoms with Gasteiger partial charge in [0.25, 0.3) is 5.91 Å². The maximum atomic E-state index is 12.7. The second kappa shape index (κ2) is 6.93. The number of piperidine rings is 2. The third-order valence-corrected chi connectivity index (χ3v) is 5.60. The van der Waals surface area contributed by atoms with E-state index in [-0.39, 0.29) is 11.8 Å². The minimum Gasteiger partial charge on any atom is -0.368 e. The van der Waals surface area contributed by atoms with Crippen molar-refractivity contribution in [2.45, 2.75) is 44.6 Å². The molecule has 0 aliphatic carbocycles. The van der Waals surface area contributed by atoms with Crippen LogP contribution in [0.4, 0.5) is 0 Å². The number of aryl methyl sites for hydroxylation is 1. The van der Waals surface area contributed by atoms with Crippen molar-refractivity contribution in [3.63, 3.8) is 0 Å². The van der Waals surface area contributed by atoms with E-state index in [0.29, 0.717) is 31.5 Å². The molecular weight excluding hydrogens is 302 g/mol. The predicted octanol–water partition coefficient (Wildman–Crippen LogP) is 1.94. The highest BCUT2D eigenvalue weighted by Crippen LogP contribution is 2.32. The fourth-order valence-electron chi connectivity index (χ4n) is 4.00. The summed E-state index contributed by atoms with van der Waals surface area (Å²) in [5, 5.41) is 0. The van der Waals surface area contributed by atoms with Crippen LogP contribution in [0.5, 0.6) is 0 Å². The summed E-state index contributed by atoms with van der Waals surface area (Å²) in [7, 11) is 0. The molecule has 0 atom stereocenters. The van der Waals surface area contributed by atoms with E-state index in [9.17, 15) is 9.59 Å². The first kappa shape index (κ1) is 17.0. The third kappa shape index (κ3) is 3.18. The number of primary amides is 1. The molecule has 5 heteroatoms. The maximum Gasteiger partial charge on any atom is 0.253 e. The third-order valence-electron chi connectivity index (χ3n) is 5.60. The summed E-state index contributed by atoms with van der Waals surface area (Å²) in [6, 6.07) is 7.66. The maximum absolute atomic E-state index is 12.7. The van der Waals surface area contributed by atoms with Gasteiger partial charge in [-0.25, -0.2) is 0 Å². The fourth-order valence-corrected chi connectivity index (χ4v) is 4.00. The zero-order chi connectivity index (χ0) is 17.2. The van der Waals surface area contributed by atoms with Crippen LogP contribution in [-0.2, 0) is 4.79 Å². The molecule has 0 unspecified atom stereocenters. The first-order chi connectivity index (χ1) is 11.5. The number of carbonyl (C=O) groups is 2. The topological polar surface area (TPSA) is 66.6 Å². The van der Waals surface area contributed by atoms with Crippen LogP contribution in [0.1, 0.15) is 48.0 Å². The summed E-state index contributed by atoms with van der Waals surface area (Å²) >= 11 is 0. The van der Waals surface area contributed by atoms with Crippen molar-refractivity contribution in [1.82, 2.24) is 9.80 Å². The Balaban J connectivity index is 1.69. The largest absolute Gasteiger partial charge is 0.368 e. The first-order valence-corrected chi connectivity index (χ1v) is 8.94. The monoisotopic (exact) mass is 329 g/mol. The minimum atomic E-state index is -0.565. The summed E-state index contributed by atoms with van der Waals surface area (Å²) in [5.41, 5.74) is 7.09. The van der Waals surface area contributed by atoms with Gasteiger partial charge in [0.1, 0.15) is 5.54 Å². The predicted molar refractivity (Wildman–Crippen MR) is 93.7 cm³/mol. The summed E-state index contributed by atoms with van der Waals surface area (Å²) in [6.07, 6.45) is 4.76. The number of amides is 2. The Labute approximate surface area is 143 Å². The number of hydrogen-bond acceptors (Lipinski definition) is 3. The van der Waals surface area contributed by atoms with Crippen LogP contribution in [-0.4, -0.2) is 53.3 Å². The fraction of sp³-hybridized carbons (Fsp3) is 0.579. The van der Waals surface area contributed by atoms with Crippen molar-refractivity contribution in [3.05, 3.63) is 35.4 Å². The molecule has 2 heterocycles. The van der Waals surface area contributed by atoms with Gasteiger partial charge >= 0.3 is 0 Å². The molecule has 1 aromatic rings. The van der Waals surface area contributed by atoms with E-state index in [4.69, 9.17) is 5.73 Å². The Hall–Kier alpha value is -1.88. The van der Waals surface area contributed by atoms with Crippen molar-refractivity contribution in [3.8, 4) is 0 Å². The molecule has 0 saturated carbocycles. The molecule has 3 rings (SSSR count). The Morgan fingerprint density at radius 1 is 0.958 bits per heavy atom. The van der Waals surface area contributed by atoms with Gasteiger partial charge in [-0.2, -0.15) is 0 Å². The zero-order valence-corrected chi connectivity index (χ0v) is 14.5. The van der Waals surface area contributed by atoms with E-state index in [1.54, 1.807) is 0 Å². The number of carbonyl (C=O) groups excluding carboxylic acids is 2. The molecule has 2 aliphatic rings. The van der Waals surface area contributed by atoms with E-state index in [1.807, 2.05) is 36.1 Å². The van der Waals surface area contributed by atoms with E-state index in [1.165, 1.54) is 6.42 Å². The number of hydrogen-bond donors (Lipinski definition) is 1. The van der Waals surface area contributed by atoms with E-state index in [0.717, 1.165) is 31.5 Å². The quantitative estimate of drug-likeness (QED) is 0.921. The van der Waals surface area contributed by atoms with E-state index in [2.05, 4.69) is 4.90 Å². The first-order valence-electron chi connectivity index (χ1n) is 8.94. The van der Waals surface area contributed by atoms with Crippen LogP contribution in [0.2, 0.25) is 0 Å². The summed E-state index contributed by atoms with van der Waals surface area (Å²) in [4.78, 5) is 29.0. The van der Waals surface area contributed by atoms with Gasteiger partial charge in [0.05, 0.1) is 0 Å². The van der Waals surface area contributed by atoms with Crippen molar-refractivity contribution in [2.75, 3.05) is 26.2 Å². The lowest BCUT2D eigenvalue weighted by Crippen LogP contribution is -2.63. The average Bonchev–Trinajstić information content (AvgIpc) is 2.62. The van der Waals surface area contributed by atoms with Crippen LogP contribution in [0.3, 0.4) is 0 Å². The van der Waals surface area contributed by atoms with Gasteiger partial charge in [0, 0.05) is 18.7 Å². The van der Waals surface area contributed by atoms with Crippen LogP contribution in [0.25, 0.3) is 0 Å². The molecule has 130 valence electrons. The molecule has 0 radical (unpaired) electrons. The van der Waals surface area contributed by atoms with Crippen LogP contribution >= 0.6 is 0 Å². The van der Waals surface area contributed by atoms with Crippen molar-refractivity contribution in [2.24, 2.45) is 5.73 Å². The van der Waals surface area contributed by atoms with Crippen molar-refractivity contribution < 1.29 is 9.59 Å². The average molecular weight is 329 g/mol. The van der Waals surface area contributed by atoms with Gasteiger partial charge in [-0.15, -0.1) is 0 Å². The SMILES string of the molecule is Cc1ccc(C(=O)N2CCC(C(N)=O)(N3CCCCC3)CC2)cc1. The Morgan fingerprint density at radius 3 is 2.08 bits per heavy atom. The molecule has 2 aliphatic heterocycles. The normalized spacial score (nSPS) is 21.5. The van der Waals surface area contributed by atoms with Crippen LogP contribution < -0.4 is 5.73 Å². The molecule has 2 N–H and O–H groups in total. The highest BCUT2D eigenvalue weighted by atomic mass is 16.2. The molecular formula is C19H27N3O2. The summed E-state index contributed by atoms with van der Waals surface area (Å²) in [6.45, 7) is 5.07. The van der Waals surface area contributed by atoms with Gasteiger partial charge in [0.2, 0.25) is 5.91 Å². The van der Waals surface area contributed by atoms with Gasteiger partial charge in [-0.1, -0.05) is 24.1 Å². The molecule has 0 spiro atoms. The number of nitrogens with two attached hydrogens (primary N) is 1. The minimum absolute atomic E-state index is 0.0479. The number of nitrogens with zero attached hydrogens (tertiary/aromatic N) is 2. The second-order valence-electron chi connectivity index (χ2n) is 7.10. The Morgan fingerprint density at radius 2 is 1.54 bits per heavy atom. The lowest BCUT2D eigenvalue weighted by atomic mass is 9.83. The molecule has 0 bridgehead atoms. The molecule has 2 amide bonds. The number of benzene rings is 1. The lowest BCUT2D eigenvalue weighted by Gasteiger charge is -2.48. The van der Waals surface area contributed by atoms with E-state index < -0.39 is 5.54 Å².